The first-order chi connectivity index (χ1) is 7.63. The van der Waals surface area contributed by atoms with Gasteiger partial charge in [-0.25, -0.2) is 0 Å². The summed E-state index contributed by atoms with van der Waals surface area (Å²) in [5, 5.41) is 0. The van der Waals surface area contributed by atoms with Gasteiger partial charge in [0.05, 0.1) is 20.1 Å². The van der Waals surface area contributed by atoms with Crippen LogP contribution in [0.1, 0.15) is 19.8 Å². The zero-order valence-electron chi connectivity index (χ0n) is 10.6. The monoisotopic (exact) mass is 229 g/mol. The summed E-state index contributed by atoms with van der Waals surface area (Å²) in [4.78, 5) is 13.2. The third-order valence-corrected chi connectivity index (χ3v) is 2.42. The molecule has 0 N–H and O–H groups in total. The summed E-state index contributed by atoms with van der Waals surface area (Å²) in [7, 11) is 3.08. The van der Waals surface area contributed by atoms with Crippen LogP contribution in [0.4, 0.5) is 0 Å². The van der Waals surface area contributed by atoms with Gasteiger partial charge in [-0.2, -0.15) is 0 Å². The fraction of sp³-hybridized carbons (Fsp3) is 0.750. The number of hydrogen-bond acceptors (Lipinski definition) is 4. The van der Waals surface area contributed by atoms with E-state index in [1.807, 2.05) is 0 Å². The molecule has 0 saturated carbocycles. The van der Waals surface area contributed by atoms with Crippen molar-refractivity contribution in [3.63, 3.8) is 0 Å². The third kappa shape index (κ3) is 7.43. The molecule has 0 atom stereocenters. The maximum absolute atomic E-state index is 11.0. The molecule has 0 fully saturated rings. The molecule has 0 aromatic rings. The number of rotatable bonds is 9. The van der Waals surface area contributed by atoms with E-state index in [2.05, 4.69) is 23.1 Å². The summed E-state index contributed by atoms with van der Waals surface area (Å²) < 4.78 is 9.65. The average Bonchev–Trinajstić information content (AvgIpc) is 2.31. The van der Waals surface area contributed by atoms with E-state index in [-0.39, 0.29) is 5.97 Å². The summed E-state index contributed by atoms with van der Waals surface area (Å²) in [6, 6.07) is 0. The van der Waals surface area contributed by atoms with Crippen molar-refractivity contribution in [1.29, 1.82) is 0 Å². The molecule has 16 heavy (non-hydrogen) atoms. The normalized spacial score (nSPS) is 10.5. The fourth-order valence-electron chi connectivity index (χ4n) is 1.27. The van der Waals surface area contributed by atoms with E-state index in [1.165, 1.54) is 12.7 Å². The summed E-state index contributed by atoms with van der Waals surface area (Å²) in [6.45, 7) is 9.03. The molecule has 0 aliphatic heterocycles. The van der Waals surface area contributed by atoms with Crippen LogP contribution in [0, 0.1) is 0 Å². The molecule has 0 bridgehead atoms. The molecule has 4 nitrogen and oxygen atoms in total. The molecular weight excluding hydrogens is 206 g/mol. The van der Waals surface area contributed by atoms with Crippen molar-refractivity contribution in [1.82, 2.24) is 4.90 Å². The Kier molecular flexibility index (Phi) is 8.85. The van der Waals surface area contributed by atoms with Crippen molar-refractivity contribution in [3.05, 3.63) is 12.2 Å². The number of carbonyl (C=O) groups excluding carboxylic acids is 1. The Labute approximate surface area is 98.2 Å². The van der Waals surface area contributed by atoms with Gasteiger partial charge in [-0.3, -0.25) is 9.69 Å². The van der Waals surface area contributed by atoms with Crippen molar-refractivity contribution >= 4 is 5.97 Å². The maximum atomic E-state index is 11.0. The number of ether oxygens (including phenoxy) is 2. The van der Waals surface area contributed by atoms with Gasteiger partial charge in [-0.15, -0.1) is 0 Å². The molecule has 0 unspecified atom stereocenters. The van der Waals surface area contributed by atoms with E-state index < -0.39 is 0 Å². The van der Waals surface area contributed by atoms with Crippen LogP contribution in [0.15, 0.2) is 12.2 Å². The van der Waals surface area contributed by atoms with Gasteiger partial charge >= 0.3 is 5.97 Å². The molecule has 0 radical (unpaired) electrons. The van der Waals surface area contributed by atoms with Gasteiger partial charge in [0.15, 0.2) is 0 Å². The molecule has 0 aromatic carbocycles. The van der Waals surface area contributed by atoms with Gasteiger partial charge < -0.3 is 9.47 Å². The highest BCUT2D eigenvalue weighted by Gasteiger charge is 2.08. The molecule has 4 heteroatoms. The zero-order valence-corrected chi connectivity index (χ0v) is 10.6. The summed E-state index contributed by atoms with van der Waals surface area (Å²) in [5.41, 5.74) is 1.17. The molecule has 0 rings (SSSR count). The molecule has 0 aliphatic carbocycles. The topological polar surface area (TPSA) is 38.8 Å². The number of carbonyl (C=O) groups is 1. The molecule has 0 heterocycles. The van der Waals surface area contributed by atoms with Crippen LogP contribution in [0.3, 0.4) is 0 Å². The second-order valence-electron chi connectivity index (χ2n) is 3.70. The second kappa shape index (κ2) is 9.36. The smallest absolute Gasteiger partial charge is 0.306 e. The Hall–Kier alpha value is -0.870. The van der Waals surface area contributed by atoms with Crippen LogP contribution in [-0.4, -0.2) is 51.3 Å². The summed E-state index contributed by atoms with van der Waals surface area (Å²) in [6.07, 6.45) is 1.37. The van der Waals surface area contributed by atoms with Crippen molar-refractivity contribution in [3.8, 4) is 0 Å². The lowest BCUT2D eigenvalue weighted by Gasteiger charge is -2.22. The average molecular weight is 229 g/mol. The van der Waals surface area contributed by atoms with E-state index in [4.69, 9.17) is 4.74 Å². The quantitative estimate of drug-likeness (QED) is 0.443. The number of esters is 1. The summed E-state index contributed by atoms with van der Waals surface area (Å²) in [5.74, 6) is -0.176. The van der Waals surface area contributed by atoms with Crippen LogP contribution < -0.4 is 0 Å². The van der Waals surface area contributed by atoms with Crippen molar-refractivity contribution < 1.29 is 14.3 Å². The van der Waals surface area contributed by atoms with E-state index in [0.717, 1.165) is 19.5 Å². The van der Waals surface area contributed by atoms with Crippen molar-refractivity contribution in [2.45, 2.75) is 19.8 Å². The number of hydrogen-bond donors (Lipinski definition) is 0. The highest BCUT2D eigenvalue weighted by Crippen LogP contribution is 2.02. The summed E-state index contributed by atoms with van der Waals surface area (Å²) >= 11 is 0. The van der Waals surface area contributed by atoms with Gasteiger partial charge in [0.2, 0.25) is 0 Å². The SMILES string of the molecule is C=C(CC)CN(CCOC)CCC(=O)OC. The van der Waals surface area contributed by atoms with Gasteiger partial charge in [0, 0.05) is 26.7 Å². The van der Waals surface area contributed by atoms with Crippen LogP contribution in [0.2, 0.25) is 0 Å². The van der Waals surface area contributed by atoms with Crippen LogP contribution in [-0.2, 0) is 14.3 Å². The first-order valence-electron chi connectivity index (χ1n) is 5.58. The first-order valence-corrected chi connectivity index (χ1v) is 5.58. The fourth-order valence-corrected chi connectivity index (χ4v) is 1.27. The highest BCUT2D eigenvalue weighted by molar-refractivity contribution is 5.69. The molecule has 0 spiro atoms. The predicted octanol–water partition coefficient (Wildman–Crippen LogP) is 1.46. The van der Waals surface area contributed by atoms with Crippen LogP contribution in [0.25, 0.3) is 0 Å². The molecule has 0 saturated heterocycles. The second-order valence-corrected chi connectivity index (χ2v) is 3.70. The van der Waals surface area contributed by atoms with Crippen molar-refractivity contribution in [2.75, 3.05) is 40.5 Å². The molecular formula is C12H23NO3. The van der Waals surface area contributed by atoms with E-state index >= 15 is 0 Å². The number of nitrogens with zero attached hydrogens (tertiary/aromatic N) is 1. The molecule has 0 aliphatic rings. The van der Waals surface area contributed by atoms with Gasteiger partial charge in [-0.1, -0.05) is 19.1 Å². The minimum absolute atomic E-state index is 0.176. The van der Waals surface area contributed by atoms with E-state index in [1.54, 1.807) is 7.11 Å². The van der Waals surface area contributed by atoms with Crippen LogP contribution >= 0.6 is 0 Å². The molecule has 0 amide bonds. The lowest BCUT2D eigenvalue weighted by Crippen LogP contribution is -2.31. The lowest BCUT2D eigenvalue weighted by molar-refractivity contribution is -0.141. The Morgan fingerprint density at radius 2 is 2.00 bits per heavy atom. The zero-order chi connectivity index (χ0) is 12.4. The van der Waals surface area contributed by atoms with Gasteiger partial charge in [0.25, 0.3) is 0 Å². The lowest BCUT2D eigenvalue weighted by atomic mass is 10.2. The van der Waals surface area contributed by atoms with E-state index in [9.17, 15) is 4.79 Å². The standard InChI is InChI=1S/C12H23NO3/c1-5-11(2)10-13(8-9-15-3)7-6-12(14)16-4/h2,5-10H2,1,3-4H3. The maximum Gasteiger partial charge on any atom is 0.306 e. The first kappa shape index (κ1) is 15.1. The Morgan fingerprint density at radius 1 is 1.31 bits per heavy atom. The van der Waals surface area contributed by atoms with E-state index in [0.29, 0.717) is 19.6 Å². The third-order valence-electron chi connectivity index (χ3n) is 2.42. The van der Waals surface area contributed by atoms with Gasteiger partial charge in [-0.05, 0) is 6.42 Å². The van der Waals surface area contributed by atoms with Crippen LogP contribution in [0.5, 0.6) is 0 Å². The molecule has 94 valence electrons. The van der Waals surface area contributed by atoms with Gasteiger partial charge in [0.1, 0.15) is 0 Å². The Bertz CT molecular complexity index is 216. The van der Waals surface area contributed by atoms with Crippen molar-refractivity contribution in [2.24, 2.45) is 0 Å². The Balaban J connectivity index is 3.98. The predicted molar refractivity (Wildman–Crippen MR) is 64.4 cm³/mol. The molecule has 0 aromatic heterocycles. The number of methoxy groups -OCH3 is 2. The minimum atomic E-state index is -0.176. The Morgan fingerprint density at radius 3 is 2.50 bits per heavy atom. The largest absolute Gasteiger partial charge is 0.469 e. The minimum Gasteiger partial charge on any atom is -0.469 e. The highest BCUT2D eigenvalue weighted by atomic mass is 16.5.